The van der Waals surface area contributed by atoms with Crippen LogP contribution in [-0.2, 0) is 4.79 Å². The lowest BCUT2D eigenvalue weighted by atomic mass is 10.0. The van der Waals surface area contributed by atoms with Crippen molar-refractivity contribution >= 4 is 29.0 Å². The van der Waals surface area contributed by atoms with Gasteiger partial charge in [0, 0.05) is 34.0 Å². The highest BCUT2D eigenvalue weighted by atomic mass is 19.1. The molecule has 0 heterocycles. The molecule has 0 saturated heterocycles. The van der Waals surface area contributed by atoms with Crippen molar-refractivity contribution in [3.63, 3.8) is 0 Å². The van der Waals surface area contributed by atoms with Gasteiger partial charge in [-0.05, 0) is 85.6 Å². The maximum absolute atomic E-state index is 13.0. The maximum atomic E-state index is 13.0. The summed E-state index contributed by atoms with van der Waals surface area (Å²) in [5.74, 6) is -0.794. The lowest BCUT2D eigenvalue weighted by molar-refractivity contribution is -0.117. The number of rotatable bonds is 6. The third-order valence-corrected chi connectivity index (χ3v) is 4.87. The fourth-order valence-electron chi connectivity index (χ4n) is 2.97. The highest BCUT2D eigenvalue weighted by molar-refractivity contribution is 6.10. The van der Waals surface area contributed by atoms with Gasteiger partial charge in [-0.25, -0.2) is 4.39 Å². The number of hydrogen-bond acceptors (Lipinski definition) is 3. The fraction of sp³-hybridized carbons (Fsp3) is 0.125. The van der Waals surface area contributed by atoms with E-state index >= 15 is 0 Å². The van der Waals surface area contributed by atoms with Crippen LogP contribution in [0.15, 0.2) is 72.8 Å². The van der Waals surface area contributed by atoms with Crippen molar-refractivity contribution in [2.45, 2.75) is 12.8 Å². The molecule has 0 aromatic heterocycles. The molecular weight excluding hydrogens is 383 g/mol. The summed E-state index contributed by atoms with van der Waals surface area (Å²) in [6.07, 6.45) is 1.87. The predicted molar refractivity (Wildman–Crippen MR) is 112 cm³/mol. The molecule has 0 aliphatic heterocycles. The van der Waals surface area contributed by atoms with E-state index in [2.05, 4.69) is 10.6 Å². The number of carbonyl (C=O) groups excluding carboxylic acids is 3. The van der Waals surface area contributed by atoms with E-state index in [0.29, 0.717) is 28.1 Å². The molecule has 0 spiro atoms. The lowest BCUT2D eigenvalue weighted by Gasteiger charge is -2.08. The third kappa shape index (κ3) is 4.60. The average Bonchev–Trinajstić information content (AvgIpc) is 3.60. The molecule has 0 atom stereocenters. The van der Waals surface area contributed by atoms with Gasteiger partial charge in [0.15, 0.2) is 5.78 Å². The zero-order valence-corrected chi connectivity index (χ0v) is 16.0. The Labute approximate surface area is 172 Å². The lowest BCUT2D eigenvalue weighted by Crippen LogP contribution is -2.13. The average molecular weight is 402 g/mol. The Bertz CT molecular complexity index is 1090. The largest absolute Gasteiger partial charge is 0.326 e. The van der Waals surface area contributed by atoms with Crippen molar-refractivity contribution in [3.05, 3.63) is 95.3 Å². The van der Waals surface area contributed by atoms with Gasteiger partial charge in [0.25, 0.3) is 5.91 Å². The molecule has 3 aromatic rings. The quantitative estimate of drug-likeness (QED) is 0.589. The van der Waals surface area contributed by atoms with Gasteiger partial charge in [-0.15, -0.1) is 0 Å². The number of anilines is 2. The second-order valence-electron chi connectivity index (χ2n) is 7.21. The minimum atomic E-state index is -0.409. The van der Waals surface area contributed by atoms with E-state index in [0.717, 1.165) is 12.8 Å². The number of hydrogen-bond donors (Lipinski definition) is 2. The Morgan fingerprint density at radius 1 is 0.667 bits per heavy atom. The van der Waals surface area contributed by atoms with E-state index in [9.17, 15) is 18.8 Å². The predicted octanol–water partition coefficient (Wildman–Crippen LogP) is 4.66. The third-order valence-electron chi connectivity index (χ3n) is 4.87. The summed E-state index contributed by atoms with van der Waals surface area (Å²) in [6.45, 7) is 0. The van der Waals surface area contributed by atoms with E-state index in [1.807, 2.05) is 0 Å². The van der Waals surface area contributed by atoms with Crippen LogP contribution in [0, 0.1) is 11.7 Å². The van der Waals surface area contributed by atoms with Crippen molar-refractivity contribution in [1.29, 1.82) is 0 Å². The van der Waals surface area contributed by atoms with Gasteiger partial charge in [0.2, 0.25) is 5.91 Å². The van der Waals surface area contributed by atoms with Crippen LogP contribution in [0.4, 0.5) is 15.8 Å². The van der Waals surface area contributed by atoms with Crippen LogP contribution in [0.3, 0.4) is 0 Å². The Morgan fingerprint density at radius 3 is 1.63 bits per heavy atom. The molecule has 4 rings (SSSR count). The van der Waals surface area contributed by atoms with E-state index < -0.39 is 5.82 Å². The molecule has 150 valence electrons. The first-order valence-electron chi connectivity index (χ1n) is 9.62. The highest BCUT2D eigenvalue weighted by Gasteiger charge is 2.29. The summed E-state index contributed by atoms with van der Waals surface area (Å²) in [6, 6.07) is 18.6. The summed E-state index contributed by atoms with van der Waals surface area (Å²) in [5.41, 5.74) is 2.51. The second kappa shape index (κ2) is 8.29. The Kier molecular flexibility index (Phi) is 5.39. The molecular formula is C24H19FN2O3. The zero-order chi connectivity index (χ0) is 21.1. The smallest absolute Gasteiger partial charge is 0.255 e. The van der Waals surface area contributed by atoms with Crippen LogP contribution in [0.25, 0.3) is 0 Å². The summed E-state index contributed by atoms with van der Waals surface area (Å²) >= 11 is 0. The molecule has 1 aliphatic rings. The first-order valence-corrected chi connectivity index (χ1v) is 9.62. The van der Waals surface area contributed by atoms with Gasteiger partial charge in [-0.2, -0.15) is 0 Å². The van der Waals surface area contributed by atoms with Gasteiger partial charge in [-0.1, -0.05) is 0 Å². The molecule has 30 heavy (non-hydrogen) atoms. The molecule has 0 bridgehead atoms. The van der Waals surface area contributed by atoms with Crippen LogP contribution >= 0.6 is 0 Å². The number of benzene rings is 3. The van der Waals surface area contributed by atoms with Crippen LogP contribution in [0.5, 0.6) is 0 Å². The molecule has 3 aromatic carbocycles. The second-order valence-corrected chi connectivity index (χ2v) is 7.21. The first kappa shape index (κ1) is 19.5. The first-order chi connectivity index (χ1) is 14.5. The molecule has 2 amide bonds. The number of ketones is 1. The minimum absolute atomic E-state index is 0.0207. The van der Waals surface area contributed by atoms with Crippen LogP contribution in [-0.4, -0.2) is 17.6 Å². The van der Waals surface area contributed by atoms with E-state index in [1.165, 1.54) is 24.3 Å². The molecule has 0 unspecified atom stereocenters. The van der Waals surface area contributed by atoms with Gasteiger partial charge in [-0.3, -0.25) is 14.4 Å². The van der Waals surface area contributed by atoms with Gasteiger partial charge >= 0.3 is 0 Å². The Balaban J connectivity index is 1.39. The van der Waals surface area contributed by atoms with Gasteiger partial charge in [0.1, 0.15) is 5.82 Å². The topological polar surface area (TPSA) is 75.3 Å². The monoisotopic (exact) mass is 402 g/mol. The number of nitrogens with one attached hydrogen (secondary N) is 2. The Morgan fingerprint density at radius 2 is 1.13 bits per heavy atom. The van der Waals surface area contributed by atoms with Crippen molar-refractivity contribution in [2.24, 2.45) is 5.92 Å². The SMILES string of the molecule is O=C(Nc1ccc(C(=O)c2ccc(NC(=O)C3CC3)cc2)cc1)c1ccc(F)cc1. The van der Waals surface area contributed by atoms with E-state index in [1.54, 1.807) is 48.5 Å². The van der Waals surface area contributed by atoms with Crippen molar-refractivity contribution in [1.82, 2.24) is 0 Å². The molecule has 6 heteroatoms. The van der Waals surface area contributed by atoms with Gasteiger partial charge in [0.05, 0.1) is 0 Å². The fourth-order valence-corrected chi connectivity index (χ4v) is 2.97. The standard InChI is InChI=1S/C24H19FN2O3/c25-19-9-3-18(4-10-19)24(30)27-21-13-7-16(8-14-21)22(28)15-5-11-20(12-6-15)26-23(29)17-1-2-17/h3-14,17H,1-2H2,(H,26,29)(H,27,30). The normalized spacial score (nSPS) is 12.8. The molecule has 2 N–H and O–H groups in total. The summed E-state index contributed by atoms with van der Waals surface area (Å²) in [5, 5.41) is 5.55. The summed E-state index contributed by atoms with van der Waals surface area (Å²) in [7, 11) is 0. The molecule has 1 fully saturated rings. The Hall–Kier alpha value is -3.80. The van der Waals surface area contributed by atoms with Crippen molar-refractivity contribution < 1.29 is 18.8 Å². The number of amides is 2. The maximum Gasteiger partial charge on any atom is 0.255 e. The van der Waals surface area contributed by atoms with Gasteiger partial charge < -0.3 is 10.6 Å². The van der Waals surface area contributed by atoms with E-state index in [4.69, 9.17) is 0 Å². The van der Waals surface area contributed by atoms with Crippen LogP contribution in [0.1, 0.15) is 39.1 Å². The molecule has 0 radical (unpaired) electrons. The number of halogens is 1. The zero-order valence-electron chi connectivity index (χ0n) is 16.0. The summed E-state index contributed by atoms with van der Waals surface area (Å²) < 4.78 is 13.0. The van der Waals surface area contributed by atoms with Crippen molar-refractivity contribution in [2.75, 3.05) is 10.6 Å². The number of carbonyl (C=O) groups is 3. The van der Waals surface area contributed by atoms with Crippen molar-refractivity contribution in [3.8, 4) is 0 Å². The van der Waals surface area contributed by atoms with Crippen LogP contribution < -0.4 is 10.6 Å². The molecule has 1 saturated carbocycles. The molecule has 1 aliphatic carbocycles. The van der Waals surface area contributed by atoms with E-state index in [-0.39, 0.29) is 23.5 Å². The summed E-state index contributed by atoms with van der Waals surface area (Å²) in [4.78, 5) is 36.7. The molecule has 5 nitrogen and oxygen atoms in total. The minimum Gasteiger partial charge on any atom is -0.326 e. The highest BCUT2D eigenvalue weighted by Crippen LogP contribution is 2.30. The van der Waals surface area contributed by atoms with Crippen LogP contribution in [0.2, 0.25) is 0 Å².